The van der Waals surface area contributed by atoms with Crippen molar-refractivity contribution in [3.8, 4) is 11.5 Å². The third-order valence-electron chi connectivity index (χ3n) is 3.81. The summed E-state index contributed by atoms with van der Waals surface area (Å²) in [7, 11) is 3.25. The Morgan fingerprint density at radius 3 is 2.68 bits per heavy atom. The predicted molar refractivity (Wildman–Crippen MR) is 89.1 cm³/mol. The van der Waals surface area contributed by atoms with Gasteiger partial charge in [-0.1, -0.05) is 6.07 Å². The minimum Gasteiger partial charge on any atom is -0.493 e. The quantitative estimate of drug-likeness (QED) is 0.835. The standard InChI is InChI=1S/C16H24N2O3.ClH/c1-11(18-16(19)13-6-7-17-10-13)8-12-4-5-14(20-2)15(9-12)21-3;/h4-5,9,11,13,17H,6-8,10H2,1-3H3,(H,18,19);1H. The maximum Gasteiger partial charge on any atom is 0.224 e. The summed E-state index contributed by atoms with van der Waals surface area (Å²) in [4.78, 5) is 12.1. The van der Waals surface area contributed by atoms with Crippen LogP contribution >= 0.6 is 12.4 Å². The summed E-state index contributed by atoms with van der Waals surface area (Å²) < 4.78 is 10.5. The zero-order valence-corrected chi connectivity index (χ0v) is 14.2. The molecule has 2 rings (SSSR count). The molecule has 1 aromatic carbocycles. The Morgan fingerprint density at radius 1 is 1.36 bits per heavy atom. The fourth-order valence-corrected chi connectivity index (χ4v) is 2.65. The molecule has 0 aromatic heterocycles. The van der Waals surface area contributed by atoms with Crippen LogP contribution in [0.3, 0.4) is 0 Å². The first-order valence-corrected chi connectivity index (χ1v) is 7.36. The highest BCUT2D eigenvalue weighted by molar-refractivity contribution is 5.85. The van der Waals surface area contributed by atoms with Gasteiger partial charge in [0.2, 0.25) is 5.91 Å². The lowest BCUT2D eigenvalue weighted by Crippen LogP contribution is -2.39. The van der Waals surface area contributed by atoms with Crippen molar-refractivity contribution in [1.82, 2.24) is 10.6 Å². The fourth-order valence-electron chi connectivity index (χ4n) is 2.65. The zero-order valence-electron chi connectivity index (χ0n) is 13.3. The lowest BCUT2D eigenvalue weighted by molar-refractivity contribution is -0.125. The van der Waals surface area contributed by atoms with Gasteiger partial charge in [0.25, 0.3) is 0 Å². The number of methoxy groups -OCH3 is 2. The van der Waals surface area contributed by atoms with Crippen LogP contribution in [0.5, 0.6) is 11.5 Å². The maximum atomic E-state index is 12.1. The van der Waals surface area contributed by atoms with E-state index >= 15 is 0 Å². The molecule has 0 spiro atoms. The molecular formula is C16H25ClN2O3. The smallest absolute Gasteiger partial charge is 0.224 e. The Bertz CT molecular complexity index is 490. The molecule has 1 heterocycles. The van der Waals surface area contributed by atoms with E-state index in [0.717, 1.165) is 37.2 Å². The van der Waals surface area contributed by atoms with Gasteiger partial charge in [-0.15, -0.1) is 12.4 Å². The molecule has 1 aliphatic heterocycles. The Labute approximate surface area is 138 Å². The number of hydrogen-bond donors (Lipinski definition) is 2. The van der Waals surface area contributed by atoms with Gasteiger partial charge < -0.3 is 20.1 Å². The molecule has 1 fully saturated rings. The largest absolute Gasteiger partial charge is 0.493 e. The van der Waals surface area contributed by atoms with E-state index in [0.29, 0.717) is 5.75 Å². The van der Waals surface area contributed by atoms with Crippen molar-refractivity contribution in [2.45, 2.75) is 25.8 Å². The Morgan fingerprint density at radius 2 is 2.09 bits per heavy atom. The van der Waals surface area contributed by atoms with Crippen LogP contribution in [0.4, 0.5) is 0 Å². The molecule has 5 nitrogen and oxygen atoms in total. The number of benzene rings is 1. The average Bonchev–Trinajstić information content (AvgIpc) is 3.01. The van der Waals surface area contributed by atoms with Crippen LogP contribution in [0.2, 0.25) is 0 Å². The molecule has 0 radical (unpaired) electrons. The maximum absolute atomic E-state index is 12.1. The molecule has 22 heavy (non-hydrogen) atoms. The van der Waals surface area contributed by atoms with Gasteiger partial charge in [-0.2, -0.15) is 0 Å². The molecule has 124 valence electrons. The van der Waals surface area contributed by atoms with Gasteiger partial charge in [-0.25, -0.2) is 0 Å². The Kier molecular flexibility index (Phi) is 7.48. The molecule has 0 aliphatic carbocycles. The van der Waals surface area contributed by atoms with E-state index in [1.54, 1.807) is 14.2 Å². The van der Waals surface area contributed by atoms with Crippen LogP contribution in [-0.4, -0.2) is 39.3 Å². The molecular weight excluding hydrogens is 304 g/mol. The summed E-state index contributed by atoms with van der Waals surface area (Å²) in [6.07, 6.45) is 1.70. The first-order chi connectivity index (χ1) is 10.1. The van der Waals surface area contributed by atoms with E-state index in [4.69, 9.17) is 9.47 Å². The second-order valence-corrected chi connectivity index (χ2v) is 5.49. The third-order valence-corrected chi connectivity index (χ3v) is 3.81. The van der Waals surface area contributed by atoms with Crippen molar-refractivity contribution in [1.29, 1.82) is 0 Å². The van der Waals surface area contributed by atoms with Crippen molar-refractivity contribution >= 4 is 18.3 Å². The topological polar surface area (TPSA) is 59.6 Å². The van der Waals surface area contributed by atoms with Gasteiger partial charge in [0.15, 0.2) is 11.5 Å². The van der Waals surface area contributed by atoms with Crippen molar-refractivity contribution in [2.24, 2.45) is 5.92 Å². The second kappa shape index (κ2) is 8.86. The van der Waals surface area contributed by atoms with Gasteiger partial charge in [-0.3, -0.25) is 4.79 Å². The lowest BCUT2D eigenvalue weighted by atomic mass is 10.0. The summed E-state index contributed by atoms with van der Waals surface area (Å²) in [6, 6.07) is 5.94. The van der Waals surface area contributed by atoms with E-state index in [1.165, 1.54) is 0 Å². The number of rotatable bonds is 6. The first-order valence-electron chi connectivity index (χ1n) is 7.36. The molecule has 2 atom stereocenters. The van der Waals surface area contributed by atoms with Gasteiger partial charge in [0.05, 0.1) is 20.1 Å². The summed E-state index contributed by atoms with van der Waals surface area (Å²) in [6.45, 7) is 3.74. The normalized spacial score (nSPS) is 18.2. The van der Waals surface area contributed by atoms with Gasteiger partial charge in [0, 0.05) is 12.6 Å². The van der Waals surface area contributed by atoms with Crippen molar-refractivity contribution in [3.05, 3.63) is 23.8 Å². The highest BCUT2D eigenvalue weighted by Crippen LogP contribution is 2.28. The van der Waals surface area contributed by atoms with Crippen LogP contribution in [0.15, 0.2) is 18.2 Å². The SMILES string of the molecule is COc1ccc(CC(C)NC(=O)C2CCNC2)cc1OC.Cl. The minimum absolute atomic E-state index is 0. The highest BCUT2D eigenvalue weighted by atomic mass is 35.5. The lowest BCUT2D eigenvalue weighted by Gasteiger charge is -2.17. The second-order valence-electron chi connectivity index (χ2n) is 5.49. The molecule has 1 aromatic rings. The number of hydrogen-bond acceptors (Lipinski definition) is 4. The van der Waals surface area contributed by atoms with Crippen LogP contribution in [-0.2, 0) is 11.2 Å². The zero-order chi connectivity index (χ0) is 15.2. The van der Waals surface area contributed by atoms with Gasteiger partial charge >= 0.3 is 0 Å². The number of amides is 1. The molecule has 1 saturated heterocycles. The number of ether oxygens (including phenoxy) is 2. The van der Waals surface area contributed by atoms with Crippen molar-refractivity contribution < 1.29 is 14.3 Å². The van der Waals surface area contributed by atoms with E-state index < -0.39 is 0 Å². The summed E-state index contributed by atoms with van der Waals surface area (Å²) in [5.41, 5.74) is 1.12. The van der Waals surface area contributed by atoms with Gasteiger partial charge in [-0.05, 0) is 44.0 Å². The van der Waals surface area contributed by atoms with Crippen LogP contribution in [0, 0.1) is 5.92 Å². The van der Waals surface area contributed by atoms with Crippen LogP contribution in [0.25, 0.3) is 0 Å². The van der Waals surface area contributed by atoms with Crippen LogP contribution in [0.1, 0.15) is 18.9 Å². The first kappa shape index (κ1) is 18.6. The number of carbonyl (C=O) groups is 1. The summed E-state index contributed by atoms with van der Waals surface area (Å²) in [5.74, 6) is 1.69. The van der Waals surface area contributed by atoms with Crippen molar-refractivity contribution in [2.75, 3.05) is 27.3 Å². The molecule has 0 saturated carbocycles. The average molecular weight is 329 g/mol. The Hall–Kier alpha value is -1.46. The van der Waals surface area contributed by atoms with Crippen LogP contribution < -0.4 is 20.1 Å². The van der Waals surface area contributed by atoms with Crippen molar-refractivity contribution in [3.63, 3.8) is 0 Å². The predicted octanol–water partition coefficient (Wildman–Crippen LogP) is 1.78. The highest BCUT2D eigenvalue weighted by Gasteiger charge is 2.23. The number of nitrogens with one attached hydrogen (secondary N) is 2. The monoisotopic (exact) mass is 328 g/mol. The number of halogens is 1. The molecule has 6 heteroatoms. The Balaban J connectivity index is 0.00000242. The number of carbonyl (C=O) groups excluding carboxylic acids is 1. The molecule has 2 N–H and O–H groups in total. The molecule has 0 bridgehead atoms. The minimum atomic E-state index is 0. The van der Waals surface area contributed by atoms with E-state index in [1.807, 2.05) is 25.1 Å². The summed E-state index contributed by atoms with van der Waals surface area (Å²) in [5, 5.41) is 6.30. The van der Waals surface area contributed by atoms with Gasteiger partial charge in [0.1, 0.15) is 0 Å². The molecule has 1 amide bonds. The molecule has 2 unspecified atom stereocenters. The fraction of sp³-hybridized carbons (Fsp3) is 0.562. The van der Waals surface area contributed by atoms with E-state index in [9.17, 15) is 4.79 Å². The third kappa shape index (κ3) is 4.78. The summed E-state index contributed by atoms with van der Waals surface area (Å²) >= 11 is 0. The van der Waals surface area contributed by atoms with E-state index in [-0.39, 0.29) is 30.3 Å². The van der Waals surface area contributed by atoms with E-state index in [2.05, 4.69) is 10.6 Å². The molecule has 1 aliphatic rings.